The van der Waals surface area contributed by atoms with Crippen LogP contribution < -0.4 is 10.1 Å². The minimum atomic E-state index is -0.388. The predicted octanol–water partition coefficient (Wildman–Crippen LogP) is 4.08. The van der Waals surface area contributed by atoms with Crippen molar-refractivity contribution < 1.29 is 9.66 Å². The number of benzene rings is 2. The first-order valence-electron chi connectivity index (χ1n) is 6.67. The number of ether oxygens (including phenoxy) is 1. The van der Waals surface area contributed by atoms with Crippen LogP contribution in [0.15, 0.2) is 42.5 Å². The summed E-state index contributed by atoms with van der Waals surface area (Å²) in [5.41, 5.74) is 2.85. The Morgan fingerprint density at radius 1 is 1.24 bits per heavy atom. The fourth-order valence-electron chi connectivity index (χ4n) is 2.26. The van der Waals surface area contributed by atoms with Crippen molar-refractivity contribution in [3.05, 3.63) is 63.7 Å². The summed E-state index contributed by atoms with van der Waals surface area (Å²) >= 11 is 0. The summed E-state index contributed by atoms with van der Waals surface area (Å²) in [4.78, 5) is 10.4. The Kier molecular flexibility index (Phi) is 4.42. The van der Waals surface area contributed by atoms with Crippen LogP contribution in [0.4, 0.5) is 11.4 Å². The highest BCUT2D eigenvalue weighted by atomic mass is 16.6. The molecule has 0 bridgehead atoms. The first kappa shape index (κ1) is 14.8. The van der Waals surface area contributed by atoms with Crippen molar-refractivity contribution in [2.45, 2.75) is 19.9 Å². The zero-order chi connectivity index (χ0) is 15.4. The molecule has 1 atom stereocenters. The Morgan fingerprint density at radius 2 is 1.95 bits per heavy atom. The van der Waals surface area contributed by atoms with E-state index < -0.39 is 0 Å². The maximum atomic E-state index is 10.8. The van der Waals surface area contributed by atoms with Gasteiger partial charge < -0.3 is 10.1 Å². The van der Waals surface area contributed by atoms with Crippen molar-refractivity contribution >= 4 is 11.4 Å². The van der Waals surface area contributed by atoms with Crippen LogP contribution in [0.3, 0.4) is 0 Å². The van der Waals surface area contributed by atoms with Crippen LogP contribution in [0, 0.1) is 17.0 Å². The molecule has 2 rings (SSSR count). The minimum absolute atomic E-state index is 0.0290. The standard InChI is InChI=1S/C16H18N2O3/c1-11-10-13(18(19)20)8-9-15(11)17-12(2)14-6-4-5-7-16(14)21-3/h4-10,12,17H,1-3H3. The molecular formula is C16H18N2O3. The second-order valence-electron chi connectivity index (χ2n) is 4.86. The van der Waals surface area contributed by atoms with Crippen LogP contribution in [0.25, 0.3) is 0 Å². The van der Waals surface area contributed by atoms with Crippen molar-refractivity contribution in [1.29, 1.82) is 0 Å². The average molecular weight is 286 g/mol. The molecule has 0 aliphatic rings. The molecule has 0 amide bonds. The van der Waals surface area contributed by atoms with Gasteiger partial charge in [-0.25, -0.2) is 0 Å². The molecule has 0 aliphatic heterocycles. The molecule has 0 aromatic heterocycles. The largest absolute Gasteiger partial charge is 0.496 e. The Labute approximate surface area is 123 Å². The molecule has 5 nitrogen and oxygen atoms in total. The molecule has 5 heteroatoms. The smallest absolute Gasteiger partial charge is 0.269 e. The number of nitrogens with one attached hydrogen (secondary N) is 1. The number of methoxy groups -OCH3 is 1. The Hall–Kier alpha value is -2.56. The zero-order valence-electron chi connectivity index (χ0n) is 12.3. The Balaban J connectivity index is 2.23. The van der Waals surface area contributed by atoms with Crippen LogP contribution in [-0.2, 0) is 0 Å². The van der Waals surface area contributed by atoms with Gasteiger partial charge in [0.05, 0.1) is 18.1 Å². The lowest BCUT2D eigenvalue weighted by Gasteiger charge is -2.19. The number of para-hydroxylation sites is 1. The highest BCUT2D eigenvalue weighted by molar-refractivity contribution is 5.57. The number of nitro benzene ring substituents is 1. The molecule has 1 unspecified atom stereocenters. The van der Waals surface area contributed by atoms with Crippen molar-refractivity contribution in [2.24, 2.45) is 0 Å². The second-order valence-corrected chi connectivity index (χ2v) is 4.86. The molecule has 0 aliphatic carbocycles. The molecule has 0 saturated heterocycles. The molecule has 110 valence electrons. The lowest BCUT2D eigenvalue weighted by atomic mass is 10.1. The van der Waals surface area contributed by atoms with E-state index in [-0.39, 0.29) is 16.7 Å². The summed E-state index contributed by atoms with van der Waals surface area (Å²) in [6.45, 7) is 3.88. The van der Waals surface area contributed by atoms with E-state index in [1.807, 2.05) is 38.1 Å². The molecular weight excluding hydrogens is 268 g/mol. The van der Waals surface area contributed by atoms with Crippen molar-refractivity contribution in [3.8, 4) is 5.75 Å². The number of nitro groups is 1. The molecule has 0 spiro atoms. The molecule has 0 radical (unpaired) electrons. The maximum absolute atomic E-state index is 10.8. The summed E-state index contributed by atoms with van der Waals surface area (Å²) in [7, 11) is 1.64. The van der Waals surface area contributed by atoms with Gasteiger partial charge in [-0.2, -0.15) is 0 Å². The zero-order valence-corrected chi connectivity index (χ0v) is 12.3. The van der Waals surface area contributed by atoms with Gasteiger partial charge in [-0.15, -0.1) is 0 Å². The SMILES string of the molecule is COc1ccccc1C(C)Nc1ccc([N+](=O)[O-])cc1C. The molecule has 2 aromatic carbocycles. The fourth-order valence-corrected chi connectivity index (χ4v) is 2.26. The van der Waals surface area contributed by atoms with Gasteiger partial charge in [-0.1, -0.05) is 18.2 Å². The summed E-state index contributed by atoms with van der Waals surface area (Å²) in [5, 5.41) is 14.1. The van der Waals surface area contributed by atoms with Gasteiger partial charge >= 0.3 is 0 Å². The van der Waals surface area contributed by atoms with E-state index in [1.54, 1.807) is 19.2 Å². The maximum Gasteiger partial charge on any atom is 0.269 e. The van der Waals surface area contributed by atoms with Gasteiger partial charge in [0, 0.05) is 23.4 Å². The van der Waals surface area contributed by atoms with Crippen molar-refractivity contribution in [3.63, 3.8) is 0 Å². The van der Waals surface area contributed by atoms with E-state index in [1.165, 1.54) is 6.07 Å². The lowest BCUT2D eigenvalue weighted by Crippen LogP contribution is -2.09. The fraction of sp³-hybridized carbons (Fsp3) is 0.250. The summed E-state index contributed by atoms with van der Waals surface area (Å²) < 4.78 is 5.36. The molecule has 0 fully saturated rings. The monoisotopic (exact) mass is 286 g/mol. The highest BCUT2D eigenvalue weighted by Crippen LogP contribution is 2.29. The van der Waals surface area contributed by atoms with Crippen molar-refractivity contribution in [1.82, 2.24) is 0 Å². The predicted molar refractivity (Wildman–Crippen MR) is 82.9 cm³/mol. The number of anilines is 1. The lowest BCUT2D eigenvalue weighted by molar-refractivity contribution is -0.384. The highest BCUT2D eigenvalue weighted by Gasteiger charge is 2.13. The van der Waals surface area contributed by atoms with Gasteiger partial charge in [-0.3, -0.25) is 10.1 Å². The molecule has 1 N–H and O–H groups in total. The van der Waals surface area contributed by atoms with Crippen LogP contribution in [-0.4, -0.2) is 12.0 Å². The van der Waals surface area contributed by atoms with Gasteiger partial charge in [0.25, 0.3) is 5.69 Å². The second kappa shape index (κ2) is 6.26. The third-order valence-electron chi connectivity index (χ3n) is 3.40. The topological polar surface area (TPSA) is 64.4 Å². The normalized spacial score (nSPS) is 11.8. The Bertz CT molecular complexity index is 656. The van der Waals surface area contributed by atoms with E-state index in [2.05, 4.69) is 5.32 Å². The first-order chi connectivity index (χ1) is 10.0. The van der Waals surface area contributed by atoms with Gasteiger partial charge in [0.2, 0.25) is 0 Å². The van der Waals surface area contributed by atoms with Crippen LogP contribution in [0.1, 0.15) is 24.1 Å². The average Bonchev–Trinajstić information content (AvgIpc) is 2.48. The third kappa shape index (κ3) is 3.31. The summed E-state index contributed by atoms with van der Waals surface area (Å²) in [6.07, 6.45) is 0. The van der Waals surface area contributed by atoms with Crippen LogP contribution in [0.2, 0.25) is 0 Å². The Morgan fingerprint density at radius 3 is 2.57 bits per heavy atom. The van der Waals surface area contributed by atoms with Gasteiger partial charge in [0.15, 0.2) is 0 Å². The van der Waals surface area contributed by atoms with Crippen LogP contribution >= 0.6 is 0 Å². The van der Waals surface area contributed by atoms with E-state index in [9.17, 15) is 10.1 Å². The van der Waals surface area contributed by atoms with Crippen LogP contribution in [0.5, 0.6) is 5.75 Å². The quantitative estimate of drug-likeness (QED) is 0.664. The number of nitrogens with zero attached hydrogens (tertiary/aromatic N) is 1. The van der Waals surface area contributed by atoms with Gasteiger partial charge in [-0.05, 0) is 31.5 Å². The number of hydrogen-bond acceptors (Lipinski definition) is 4. The molecule has 2 aromatic rings. The molecule has 0 heterocycles. The van der Waals surface area contributed by atoms with E-state index in [0.717, 1.165) is 22.6 Å². The summed E-state index contributed by atoms with van der Waals surface area (Å²) in [6, 6.07) is 12.6. The molecule has 0 saturated carbocycles. The number of hydrogen-bond donors (Lipinski definition) is 1. The number of rotatable bonds is 5. The van der Waals surface area contributed by atoms with Gasteiger partial charge in [0.1, 0.15) is 5.75 Å². The van der Waals surface area contributed by atoms with E-state index in [0.29, 0.717) is 0 Å². The number of non-ortho nitro benzene ring substituents is 1. The summed E-state index contributed by atoms with van der Waals surface area (Å²) in [5.74, 6) is 0.817. The third-order valence-corrected chi connectivity index (χ3v) is 3.40. The van der Waals surface area contributed by atoms with E-state index >= 15 is 0 Å². The van der Waals surface area contributed by atoms with E-state index in [4.69, 9.17) is 4.74 Å². The van der Waals surface area contributed by atoms with Crippen molar-refractivity contribution in [2.75, 3.05) is 12.4 Å². The molecule has 21 heavy (non-hydrogen) atoms. The minimum Gasteiger partial charge on any atom is -0.496 e. The number of aryl methyl sites for hydroxylation is 1. The first-order valence-corrected chi connectivity index (χ1v) is 6.67.